The highest BCUT2D eigenvalue weighted by atomic mass is 16.5. The molecule has 2 rings (SSSR count). The summed E-state index contributed by atoms with van der Waals surface area (Å²) in [5.41, 5.74) is 0.545. The Morgan fingerprint density at radius 1 is 1.26 bits per heavy atom. The molecular weight excluding hydrogens is 246 g/mol. The predicted molar refractivity (Wildman–Crippen MR) is 68.6 cm³/mol. The summed E-state index contributed by atoms with van der Waals surface area (Å²) in [7, 11) is 3.04. The Morgan fingerprint density at radius 3 is 2.32 bits per heavy atom. The van der Waals surface area contributed by atoms with Crippen molar-refractivity contribution in [2.75, 3.05) is 14.2 Å². The van der Waals surface area contributed by atoms with Gasteiger partial charge < -0.3 is 9.47 Å². The quantitative estimate of drug-likeness (QED) is 0.463. The van der Waals surface area contributed by atoms with E-state index in [1.807, 2.05) is 0 Å². The Hall–Kier alpha value is -2.13. The van der Waals surface area contributed by atoms with Crippen molar-refractivity contribution in [3.8, 4) is 11.5 Å². The fraction of sp³-hybridized carbons (Fsp3) is 0.429. The number of rotatable bonds is 5. The van der Waals surface area contributed by atoms with E-state index in [0.29, 0.717) is 22.6 Å². The third-order valence-electron chi connectivity index (χ3n) is 3.62. The lowest BCUT2D eigenvalue weighted by Gasteiger charge is -2.38. The number of benzene rings is 1. The van der Waals surface area contributed by atoms with Gasteiger partial charge in [0.15, 0.2) is 17.8 Å². The van der Waals surface area contributed by atoms with Crippen molar-refractivity contribution in [1.82, 2.24) is 0 Å². The second-order valence-electron chi connectivity index (χ2n) is 4.50. The average molecular weight is 261 g/mol. The first kappa shape index (κ1) is 13.3. The number of nitrogens with zero attached hydrogens (tertiary/aromatic N) is 1. The number of methoxy groups -OCH3 is 2. The zero-order valence-corrected chi connectivity index (χ0v) is 10.9. The van der Waals surface area contributed by atoms with Crippen molar-refractivity contribution in [3.05, 3.63) is 23.3 Å². The van der Waals surface area contributed by atoms with Gasteiger partial charge in [-0.15, -0.1) is 0 Å². The van der Waals surface area contributed by atoms with Gasteiger partial charge in [0.2, 0.25) is 6.08 Å². The molecule has 1 aromatic rings. The molecule has 1 fully saturated rings. The van der Waals surface area contributed by atoms with E-state index in [9.17, 15) is 9.59 Å². The highest BCUT2D eigenvalue weighted by Crippen LogP contribution is 2.48. The lowest BCUT2D eigenvalue weighted by molar-refractivity contribution is 0.111. The van der Waals surface area contributed by atoms with Crippen LogP contribution >= 0.6 is 0 Å². The maximum atomic E-state index is 11.2. The third-order valence-corrected chi connectivity index (χ3v) is 3.62. The van der Waals surface area contributed by atoms with Crippen LogP contribution in [0.15, 0.2) is 17.1 Å². The fourth-order valence-electron chi connectivity index (χ4n) is 2.44. The second kappa shape index (κ2) is 5.24. The van der Waals surface area contributed by atoms with E-state index in [4.69, 9.17) is 9.47 Å². The van der Waals surface area contributed by atoms with Gasteiger partial charge in [-0.25, -0.2) is 4.79 Å². The van der Waals surface area contributed by atoms with E-state index in [1.165, 1.54) is 14.2 Å². The van der Waals surface area contributed by atoms with Crippen LogP contribution in [0.5, 0.6) is 11.5 Å². The average Bonchev–Trinajstić information content (AvgIpc) is 2.41. The van der Waals surface area contributed by atoms with Crippen molar-refractivity contribution in [2.24, 2.45) is 4.99 Å². The molecule has 0 N–H and O–H groups in total. The standard InChI is InChI=1S/C14H15NO4/c1-18-12-6-10(8-16)11(7-13(12)19-2)14(15-9-17)4-3-5-14/h6-8H,3-5H2,1-2H3. The number of aliphatic imine (C=N–C) groups is 1. The molecular formula is C14H15NO4. The highest BCUT2D eigenvalue weighted by molar-refractivity contribution is 5.80. The van der Waals surface area contributed by atoms with Gasteiger partial charge in [-0.3, -0.25) is 4.79 Å². The van der Waals surface area contributed by atoms with Crippen molar-refractivity contribution in [3.63, 3.8) is 0 Å². The van der Waals surface area contributed by atoms with Gasteiger partial charge in [0, 0.05) is 5.56 Å². The zero-order valence-electron chi connectivity index (χ0n) is 10.9. The first-order valence-electron chi connectivity index (χ1n) is 6.01. The number of hydrogen-bond donors (Lipinski definition) is 0. The zero-order chi connectivity index (χ0) is 13.9. The summed E-state index contributed by atoms with van der Waals surface area (Å²) in [5.74, 6) is 1.01. The number of carbonyl (C=O) groups excluding carboxylic acids is 2. The topological polar surface area (TPSA) is 65.0 Å². The molecule has 0 aromatic heterocycles. The smallest absolute Gasteiger partial charge is 0.235 e. The Kier molecular flexibility index (Phi) is 3.67. The Bertz CT molecular complexity index is 543. The normalized spacial score (nSPS) is 15.9. The molecule has 0 radical (unpaired) electrons. The Labute approximate surface area is 111 Å². The summed E-state index contributed by atoms with van der Waals surface area (Å²) in [5, 5.41) is 0. The van der Waals surface area contributed by atoms with Gasteiger partial charge in [-0.1, -0.05) is 0 Å². The van der Waals surface area contributed by atoms with E-state index < -0.39 is 5.54 Å². The molecule has 0 amide bonds. The molecule has 0 heterocycles. The molecule has 0 unspecified atom stereocenters. The van der Waals surface area contributed by atoms with E-state index in [-0.39, 0.29) is 0 Å². The van der Waals surface area contributed by atoms with Gasteiger partial charge in [0.1, 0.15) is 0 Å². The van der Waals surface area contributed by atoms with Crippen LogP contribution in [-0.2, 0) is 10.3 Å². The summed E-state index contributed by atoms with van der Waals surface area (Å²) in [4.78, 5) is 25.8. The summed E-state index contributed by atoms with van der Waals surface area (Å²) in [6, 6.07) is 3.34. The minimum atomic E-state index is -0.627. The molecule has 0 bridgehead atoms. The van der Waals surface area contributed by atoms with Crippen molar-refractivity contribution >= 4 is 12.4 Å². The summed E-state index contributed by atoms with van der Waals surface area (Å²) in [6.07, 6.45) is 4.80. The lowest BCUT2D eigenvalue weighted by atomic mass is 9.71. The Morgan fingerprint density at radius 2 is 1.89 bits per heavy atom. The van der Waals surface area contributed by atoms with Gasteiger partial charge in [-0.05, 0) is 37.0 Å². The summed E-state index contributed by atoms with van der Waals surface area (Å²) >= 11 is 0. The second-order valence-corrected chi connectivity index (χ2v) is 4.50. The van der Waals surface area contributed by atoms with Crippen LogP contribution in [0.2, 0.25) is 0 Å². The predicted octanol–water partition coefficient (Wildman–Crippen LogP) is 2.23. The monoisotopic (exact) mass is 261 g/mol. The number of aldehydes is 1. The molecule has 0 saturated heterocycles. The maximum Gasteiger partial charge on any atom is 0.235 e. The van der Waals surface area contributed by atoms with Crippen LogP contribution in [-0.4, -0.2) is 26.6 Å². The molecule has 100 valence electrons. The molecule has 0 spiro atoms. The summed E-state index contributed by atoms with van der Waals surface area (Å²) < 4.78 is 10.4. The van der Waals surface area contributed by atoms with Crippen LogP contribution in [0.3, 0.4) is 0 Å². The Balaban J connectivity index is 2.61. The largest absolute Gasteiger partial charge is 0.493 e. The fourth-order valence-corrected chi connectivity index (χ4v) is 2.44. The van der Waals surface area contributed by atoms with Crippen LogP contribution in [0, 0.1) is 0 Å². The molecule has 1 aliphatic rings. The van der Waals surface area contributed by atoms with Crippen LogP contribution in [0.4, 0.5) is 0 Å². The van der Waals surface area contributed by atoms with Crippen molar-refractivity contribution in [2.45, 2.75) is 24.8 Å². The van der Waals surface area contributed by atoms with E-state index in [2.05, 4.69) is 4.99 Å². The molecule has 5 heteroatoms. The minimum Gasteiger partial charge on any atom is -0.493 e. The van der Waals surface area contributed by atoms with Gasteiger partial charge in [-0.2, -0.15) is 4.99 Å². The molecule has 5 nitrogen and oxygen atoms in total. The number of carbonyl (C=O) groups is 1. The van der Waals surface area contributed by atoms with Crippen LogP contribution in [0.1, 0.15) is 35.2 Å². The highest BCUT2D eigenvalue weighted by Gasteiger charge is 2.41. The van der Waals surface area contributed by atoms with Crippen molar-refractivity contribution in [1.29, 1.82) is 0 Å². The molecule has 19 heavy (non-hydrogen) atoms. The lowest BCUT2D eigenvalue weighted by Crippen LogP contribution is -2.33. The number of isocyanates is 1. The third kappa shape index (κ3) is 2.13. The number of ether oxygens (including phenoxy) is 2. The first-order chi connectivity index (χ1) is 9.20. The first-order valence-corrected chi connectivity index (χ1v) is 6.01. The molecule has 1 aliphatic carbocycles. The molecule has 1 saturated carbocycles. The van der Waals surface area contributed by atoms with E-state index >= 15 is 0 Å². The van der Waals surface area contributed by atoms with Gasteiger partial charge in [0.05, 0.1) is 19.8 Å². The molecule has 0 atom stereocenters. The van der Waals surface area contributed by atoms with Gasteiger partial charge >= 0.3 is 0 Å². The minimum absolute atomic E-state index is 0.469. The van der Waals surface area contributed by atoms with E-state index in [0.717, 1.165) is 25.5 Å². The maximum absolute atomic E-state index is 11.2. The molecule has 0 aliphatic heterocycles. The molecule has 1 aromatic carbocycles. The van der Waals surface area contributed by atoms with E-state index in [1.54, 1.807) is 18.2 Å². The SMILES string of the molecule is COc1cc(C=O)c(C2(N=C=O)CCC2)cc1OC. The van der Waals surface area contributed by atoms with Crippen LogP contribution in [0.25, 0.3) is 0 Å². The van der Waals surface area contributed by atoms with Crippen molar-refractivity contribution < 1.29 is 19.1 Å². The number of hydrogen-bond acceptors (Lipinski definition) is 5. The van der Waals surface area contributed by atoms with Gasteiger partial charge in [0.25, 0.3) is 0 Å². The summed E-state index contributed by atoms with van der Waals surface area (Å²) in [6.45, 7) is 0. The van der Waals surface area contributed by atoms with Crippen LogP contribution < -0.4 is 9.47 Å².